The van der Waals surface area contributed by atoms with Gasteiger partial charge in [-0.2, -0.15) is 9.61 Å². The first-order valence-corrected chi connectivity index (χ1v) is 9.68. The van der Waals surface area contributed by atoms with Gasteiger partial charge in [0, 0.05) is 12.3 Å². The summed E-state index contributed by atoms with van der Waals surface area (Å²) in [5.74, 6) is -0.611. The molecule has 1 unspecified atom stereocenters. The van der Waals surface area contributed by atoms with Crippen LogP contribution in [0.25, 0.3) is 16.4 Å². The van der Waals surface area contributed by atoms with Crippen LogP contribution in [0.2, 0.25) is 0 Å². The van der Waals surface area contributed by atoms with E-state index in [1.807, 2.05) is 42.5 Å². The Balaban J connectivity index is 1.38. The minimum atomic E-state index is -1.26. The minimum absolute atomic E-state index is 0.393. The molecule has 0 radical (unpaired) electrons. The first-order chi connectivity index (χ1) is 15.0. The number of aromatic nitrogens is 3. The van der Waals surface area contributed by atoms with E-state index in [0.29, 0.717) is 17.0 Å². The number of anilines is 1. The molecular formula is C22H18N6O3. The lowest BCUT2D eigenvalue weighted by Gasteiger charge is -2.22. The summed E-state index contributed by atoms with van der Waals surface area (Å²) in [4.78, 5) is 43.4. The molecule has 1 atom stereocenters. The quantitative estimate of drug-likeness (QED) is 0.498. The van der Waals surface area contributed by atoms with Crippen LogP contribution in [-0.4, -0.2) is 43.9 Å². The highest BCUT2D eigenvalue weighted by Crippen LogP contribution is 2.31. The molecule has 2 N–H and O–H groups in total. The molecule has 3 heterocycles. The smallest absolute Gasteiger partial charge is 0.319 e. The number of amides is 4. The molecule has 0 bridgehead atoms. The number of nitrogens with one attached hydrogen (secondary N) is 2. The summed E-state index contributed by atoms with van der Waals surface area (Å²) < 4.78 is 1.46. The van der Waals surface area contributed by atoms with Crippen LogP contribution < -0.4 is 10.6 Å². The Morgan fingerprint density at radius 1 is 1.06 bits per heavy atom. The number of carbonyl (C=O) groups excluding carboxylic acids is 3. The summed E-state index contributed by atoms with van der Waals surface area (Å²) in [6.45, 7) is 1.23. The van der Waals surface area contributed by atoms with Crippen molar-refractivity contribution in [3.05, 3.63) is 72.6 Å². The van der Waals surface area contributed by atoms with E-state index in [2.05, 4.69) is 20.7 Å². The lowest BCUT2D eigenvalue weighted by molar-refractivity contribution is -0.133. The Hall–Kier alpha value is -4.27. The summed E-state index contributed by atoms with van der Waals surface area (Å²) in [6, 6.07) is 16.0. The van der Waals surface area contributed by atoms with Crippen LogP contribution in [-0.2, 0) is 15.1 Å². The Labute approximate surface area is 176 Å². The molecule has 9 nitrogen and oxygen atoms in total. The van der Waals surface area contributed by atoms with Gasteiger partial charge < -0.3 is 10.6 Å². The van der Waals surface area contributed by atoms with Crippen LogP contribution in [0, 0.1) is 0 Å². The molecule has 1 fully saturated rings. The zero-order valence-corrected chi connectivity index (χ0v) is 16.6. The Morgan fingerprint density at radius 3 is 2.71 bits per heavy atom. The summed E-state index contributed by atoms with van der Waals surface area (Å²) in [7, 11) is 0. The fraction of sp³-hybridized carbons (Fsp3) is 0.136. The van der Waals surface area contributed by atoms with Crippen LogP contribution in [0.4, 0.5) is 10.6 Å². The van der Waals surface area contributed by atoms with Crippen molar-refractivity contribution < 1.29 is 14.4 Å². The number of hydrogen-bond donors (Lipinski definition) is 2. The normalized spacial score (nSPS) is 18.5. The van der Waals surface area contributed by atoms with Gasteiger partial charge in [0.05, 0.1) is 6.20 Å². The maximum absolute atomic E-state index is 13.2. The topological polar surface area (TPSA) is 109 Å². The molecule has 1 saturated heterocycles. The van der Waals surface area contributed by atoms with Gasteiger partial charge in [-0.05, 0) is 35.4 Å². The van der Waals surface area contributed by atoms with Crippen molar-refractivity contribution in [2.45, 2.75) is 12.5 Å². The van der Waals surface area contributed by atoms with Crippen LogP contribution in [0.1, 0.15) is 12.5 Å². The van der Waals surface area contributed by atoms with Gasteiger partial charge in [0.15, 0.2) is 5.65 Å². The number of imide groups is 1. The van der Waals surface area contributed by atoms with Crippen molar-refractivity contribution in [1.29, 1.82) is 0 Å². The number of urea groups is 1. The Morgan fingerprint density at radius 2 is 1.87 bits per heavy atom. The van der Waals surface area contributed by atoms with E-state index < -0.39 is 29.9 Å². The van der Waals surface area contributed by atoms with Crippen LogP contribution >= 0.6 is 0 Å². The van der Waals surface area contributed by atoms with Gasteiger partial charge >= 0.3 is 6.03 Å². The van der Waals surface area contributed by atoms with Gasteiger partial charge in [0.2, 0.25) is 5.91 Å². The second-order valence-corrected chi connectivity index (χ2v) is 7.49. The SMILES string of the molecule is CC1(c2ccc3ccccc3c2)NC(=O)N(CC(=O)Nc2ccnc3ccnn23)C1=O. The molecule has 4 amide bonds. The molecule has 5 rings (SSSR count). The number of nitrogens with zero attached hydrogens (tertiary/aromatic N) is 4. The zero-order chi connectivity index (χ0) is 21.6. The molecule has 2 aromatic carbocycles. The van der Waals surface area contributed by atoms with Crippen LogP contribution in [0.3, 0.4) is 0 Å². The third kappa shape index (κ3) is 3.07. The van der Waals surface area contributed by atoms with Gasteiger partial charge in [0.25, 0.3) is 5.91 Å². The van der Waals surface area contributed by atoms with Crippen LogP contribution in [0.5, 0.6) is 0 Å². The van der Waals surface area contributed by atoms with E-state index in [4.69, 9.17) is 0 Å². The van der Waals surface area contributed by atoms with Gasteiger partial charge in [0.1, 0.15) is 17.9 Å². The number of fused-ring (bicyclic) bond motifs is 2. The Kier molecular flexibility index (Phi) is 4.18. The standard InChI is InChI=1S/C22H18N6O3/c1-22(16-7-6-14-4-2-3-5-15(14)12-16)20(30)27(21(31)26-22)13-19(29)25-18-8-10-23-17-9-11-24-28(17)18/h2-12H,13H2,1H3,(H,25,29)(H,26,31). The van der Waals surface area contributed by atoms with Crippen molar-refractivity contribution in [3.8, 4) is 0 Å². The molecular weight excluding hydrogens is 396 g/mol. The summed E-state index contributed by atoms with van der Waals surface area (Å²) in [5.41, 5.74) is -0.0376. The predicted molar refractivity (Wildman–Crippen MR) is 113 cm³/mol. The lowest BCUT2D eigenvalue weighted by atomic mass is 9.90. The maximum atomic E-state index is 13.2. The summed E-state index contributed by atoms with van der Waals surface area (Å²) >= 11 is 0. The van der Waals surface area contributed by atoms with E-state index >= 15 is 0 Å². The highest BCUT2D eigenvalue weighted by molar-refractivity contribution is 6.10. The monoisotopic (exact) mass is 414 g/mol. The minimum Gasteiger partial charge on any atom is -0.319 e. The van der Waals surface area contributed by atoms with E-state index in [9.17, 15) is 14.4 Å². The third-order valence-electron chi connectivity index (χ3n) is 5.46. The summed E-state index contributed by atoms with van der Waals surface area (Å²) in [5, 5.41) is 11.5. The molecule has 31 heavy (non-hydrogen) atoms. The first-order valence-electron chi connectivity index (χ1n) is 9.68. The van der Waals surface area contributed by atoms with Crippen LogP contribution in [0.15, 0.2) is 67.0 Å². The predicted octanol–water partition coefficient (Wildman–Crippen LogP) is 2.29. The van der Waals surface area contributed by atoms with E-state index in [0.717, 1.165) is 15.7 Å². The molecule has 1 aliphatic rings. The van der Waals surface area contributed by atoms with Gasteiger partial charge in [-0.1, -0.05) is 36.4 Å². The molecule has 4 aromatic rings. The fourth-order valence-electron chi connectivity index (χ4n) is 3.79. The van der Waals surface area contributed by atoms with E-state index in [1.165, 1.54) is 10.7 Å². The highest BCUT2D eigenvalue weighted by Gasteiger charge is 2.49. The molecule has 2 aromatic heterocycles. The Bertz CT molecular complexity index is 1360. The van der Waals surface area contributed by atoms with Gasteiger partial charge in [-0.15, -0.1) is 0 Å². The average Bonchev–Trinajstić information content (AvgIpc) is 3.33. The fourth-order valence-corrected chi connectivity index (χ4v) is 3.79. The molecule has 0 saturated carbocycles. The molecule has 9 heteroatoms. The van der Waals surface area contributed by atoms with Crippen molar-refractivity contribution in [2.75, 3.05) is 11.9 Å². The molecule has 1 aliphatic heterocycles. The number of rotatable bonds is 4. The van der Waals surface area contributed by atoms with Gasteiger partial charge in [-0.25, -0.2) is 9.78 Å². The highest BCUT2D eigenvalue weighted by atomic mass is 16.2. The third-order valence-corrected chi connectivity index (χ3v) is 5.46. The largest absolute Gasteiger partial charge is 0.325 e. The van der Waals surface area contributed by atoms with Gasteiger partial charge in [-0.3, -0.25) is 14.5 Å². The molecule has 0 spiro atoms. The lowest BCUT2D eigenvalue weighted by Crippen LogP contribution is -2.42. The summed E-state index contributed by atoms with van der Waals surface area (Å²) in [6.07, 6.45) is 3.10. The number of carbonyl (C=O) groups is 3. The second kappa shape index (κ2) is 6.91. The number of benzene rings is 2. The van der Waals surface area contributed by atoms with Crippen molar-refractivity contribution in [3.63, 3.8) is 0 Å². The van der Waals surface area contributed by atoms with E-state index in [-0.39, 0.29) is 0 Å². The van der Waals surface area contributed by atoms with Crippen molar-refractivity contribution >= 4 is 40.1 Å². The first kappa shape index (κ1) is 18.7. The maximum Gasteiger partial charge on any atom is 0.325 e. The average molecular weight is 414 g/mol. The van der Waals surface area contributed by atoms with Crippen molar-refractivity contribution in [2.24, 2.45) is 0 Å². The molecule has 0 aliphatic carbocycles. The molecule has 154 valence electrons. The second-order valence-electron chi connectivity index (χ2n) is 7.49. The van der Waals surface area contributed by atoms with E-state index in [1.54, 1.807) is 25.3 Å². The zero-order valence-electron chi connectivity index (χ0n) is 16.6. The van der Waals surface area contributed by atoms with Crippen molar-refractivity contribution in [1.82, 2.24) is 24.8 Å². The number of hydrogen-bond acceptors (Lipinski definition) is 5.